The van der Waals surface area contributed by atoms with Crippen LogP contribution in [0.2, 0.25) is 0 Å². The number of H-pyrrole nitrogens is 1. The lowest BCUT2D eigenvalue weighted by Crippen LogP contribution is -2.26. The molecule has 0 saturated heterocycles. The van der Waals surface area contributed by atoms with Crippen molar-refractivity contribution in [1.82, 2.24) is 9.71 Å². The molecule has 0 aliphatic heterocycles. The van der Waals surface area contributed by atoms with E-state index in [9.17, 15) is 18.0 Å². The summed E-state index contributed by atoms with van der Waals surface area (Å²) in [5.41, 5.74) is 2.65. The summed E-state index contributed by atoms with van der Waals surface area (Å²) in [4.78, 5) is 28.9. The van der Waals surface area contributed by atoms with Gasteiger partial charge in [0.05, 0.1) is 10.5 Å². The van der Waals surface area contributed by atoms with Gasteiger partial charge in [0.25, 0.3) is 0 Å². The van der Waals surface area contributed by atoms with Crippen molar-refractivity contribution in [3.63, 3.8) is 0 Å². The van der Waals surface area contributed by atoms with Crippen molar-refractivity contribution < 1.29 is 22.7 Å². The second-order valence-corrected chi connectivity index (χ2v) is 8.83. The highest BCUT2D eigenvalue weighted by Crippen LogP contribution is 2.24. The smallest absolute Gasteiger partial charge is 0.339 e. The highest BCUT2D eigenvalue weighted by Gasteiger charge is 2.26. The Morgan fingerprint density at radius 2 is 1.83 bits per heavy atom. The number of carbonyl (C=O) groups is 2. The molecule has 0 bridgehead atoms. The van der Waals surface area contributed by atoms with Gasteiger partial charge in [-0.15, -0.1) is 0 Å². The lowest BCUT2D eigenvalue weighted by Gasteiger charge is -2.14. The molecule has 8 heteroatoms. The average Bonchev–Trinajstić information content (AvgIpc) is 3.03. The molecule has 3 rings (SSSR count). The van der Waals surface area contributed by atoms with Crippen molar-refractivity contribution >= 4 is 32.7 Å². The van der Waals surface area contributed by atoms with Gasteiger partial charge in [-0.3, -0.25) is 4.79 Å². The predicted molar refractivity (Wildman–Crippen MR) is 114 cm³/mol. The lowest BCUT2D eigenvalue weighted by molar-refractivity contribution is 0.0318. The average molecular weight is 429 g/mol. The van der Waals surface area contributed by atoms with Gasteiger partial charge >= 0.3 is 5.97 Å². The number of benzene rings is 2. The Hall–Kier alpha value is -2.97. The molecular weight excluding hydrogens is 404 g/mol. The molecule has 30 heavy (non-hydrogen) atoms. The van der Waals surface area contributed by atoms with E-state index in [-0.39, 0.29) is 22.8 Å². The van der Waals surface area contributed by atoms with Gasteiger partial charge in [-0.2, -0.15) is 0 Å². The number of aryl methyl sites for hydroxylation is 2. The zero-order valence-corrected chi connectivity index (χ0v) is 18.1. The first-order valence-corrected chi connectivity index (χ1v) is 11.1. The SMILES string of the molecule is CCNS(=O)(=O)c1ccc(C)c(C(=O)OC(C)C(=O)c2c(C)[nH]c3ccccc23)c1. The van der Waals surface area contributed by atoms with Crippen molar-refractivity contribution in [2.24, 2.45) is 0 Å². The van der Waals surface area contributed by atoms with Crippen LogP contribution in [-0.4, -0.2) is 37.8 Å². The molecule has 1 aromatic heterocycles. The van der Waals surface area contributed by atoms with Crippen molar-refractivity contribution in [3.05, 3.63) is 64.8 Å². The summed E-state index contributed by atoms with van der Waals surface area (Å²) in [6.45, 7) is 6.87. The van der Waals surface area contributed by atoms with E-state index in [2.05, 4.69) is 9.71 Å². The van der Waals surface area contributed by atoms with E-state index < -0.39 is 22.1 Å². The van der Waals surface area contributed by atoms with E-state index in [1.807, 2.05) is 24.3 Å². The molecule has 2 aromatic carbocycles. The van der Waals surface area contributed by atoms with Crippen LogP contribution in [0.1, 0.15) is 45.8 Å². The summed E-state index contributed by atoms with van der Waals surface area (Å²) in [5.74, 6) is -1.08. The van der Waals surface area contributed by atoms with E-state index in [1.165, 1.54) is 25.1 Å². The fourth-order valence-corrected chi connectivity index (χ4v) is 4.40. The van der Waals surface area contributed by atoms with Gasteiger partial charge in [0.15, 0.2) is 6.10 Å². The van der Waals surface area contributed by atoms with Crippen LogP contribution in [0.3, 0.4) is 0 Å². The van der Waals surface area contributed by atoms with E-state index in [4.69, 9.17) is 4.74 Å². The number of hydrogen-bond donors (Lipinski definition) is 2. The van der Waals surface area contributed by atoms with Gasteiger partial charge in [-0.1, -0.05) is 31.2 Å². The number of esters is 1. The summed E-state index contributed by atoms with van der Waals surface area (Å²) in [7, 11) is -3.72. The monoisotopic (exact) mass is 428 g/mol. The molecule has 2 N–H and O–H groups in total. The largest absolute Gasteiger partial charge is 0.451 e. The minimum atomic E-state index is -3.72. The van der Waals surface area contributed by atoms with E-state index in [1.54, 1.807) is 20.8 Å². The van der Waals surface area contributed by atoms with Crippen LogP contribution < -0.4 is 4.72 Å². The number of ether oxygens (including phenoxy) is 1. The summed E-state index contributed by atoms with van der Waals surface area (Å²) in [6, 6.07) is 11.6. The van der Waals surface area contributed by atoms with Crippen molar-refractivity contribution in [3.8, 4) is 0 Å². The molecular formula is C22H24N2O5S. The number of para-hydroxylation sites is 1. The maximum absolute atomic E-state index is 13.0. The molecule has 0 aliphatic rings. The first-order valence-electron chi connectivity index (χ1n) is 9.58. The lowest BCUT2D eigenvalue weighted by atomic mass is 10.0. The Balaban J connectivity index is 1.87. The minimum absolute atomic E-state index is 0.0339. The molecule has 0 saturated carbocycles. The quantitative estimate of drug-likeness (QED) is 0.443. The Kier molecular flexibility index (Phi) is 6.09. The summed E-state index contributed by atoms with van der Waals surface area (Å²) < 4.78 is 32.3. The van der Waals surface area contributed by atoms with Crippen LogP contribution in [0, 0.1) is 13.8 Å². The number of aromatic nitrogens is 1. The fourth-order valence-electron chi connectivity index (χ4n) is 3.34. The van der Waals surface area contributed by atoms with E-state index in [0.29, 0.717) is 16.8 Å². The molecule has 0 fully saturated rings. The standard InChI is InChI=1S/C22H24N2O5S/c1-5-23-30(27,28)16-11-10-13(2)18(12-16)22(26)29-15(4)21(25)20-14(3)24-19-9-7-6-8-17(19)20/h6-12,15,23-24H,5H2,1-4H3. The highest BCUT2D eigenvalue weighted by atomic mass is 32.2. The number of sulfonamides is 1. The number of aromatic amines is 1. The molecule has 1 unspecified atom stereocenters. The molecule has 7 nitrogen and oxygen atoms in total. The maximum Gasteiger partial charge on any atom is 0.339 e. The first kappa shape index (κ1) is 21.7. The van der Waals surface area contributed by atoms with Gasteiger partial charge in [-0.25, -0.2) is 17.9 Å². The third-order valence-corrected chi connectivity index (χ3v) is 6.41. The predicted octanol–water partition coefficient (Wildman–Crippen LogP) is 3.51. The van der Waals surface area contributed by atoms with Crippen molar-refractivity contribution in [2.75, 3.05) is 6.54 Å². The summed E-state index contributed by atoms with van der Waals surface area (Å²) in [6.07, 6.45) is -1.04. The van der Waals surface area contributed by atoms with E-state index in [0.717, 1.165) is 10.9 Å². The number of Topliss-reactive ketones (excluding diaryl/α,β-unsaturated/α-hetero) is 1. The number of nitrogens with one attached hydrogen (secondary N) is 2. The number of rotatable bonds is 7. The van der Waals surface area contributed by atoms with Crippen molar-refractivity contribution in [2.45, 2.75) is 38.7 Å². The van der Waals surface area contributed by atoms with Crippen LogP contribution in [0.25, 0.3) is 10.9 Å². The molecule has 3 aromatic rings. The van der Waals surface area contributed by atoms with Gasteiger partial charge < -0.3 is 9.72 Å². The topological polar surface area (TPSA) is 105 Å². The second-order valence-electron chi connectivity index (χ2n) is 7.06. The van der Waals surface area contributed by atoms with Gasteiger partial charge in [-0.05, 0) is 44.5 Å². The third-order valence-electron chi connectivity index (χ3n) is 4.87. The Morgan fingerprint density at radius 1 is 1.13 bits per heavy atom. The molecule has 158 valence electrons. The molecule has 0 radical (unpaired) electrons. The second kappa shape index (κ2) is 8.41. The molecule has 0 spiro atoms. The zero-order chi connectivity index (χ0) is 22.1. The van der Waals surface area contributed by atoms with Gasteiger partial charge in [0.1, 0.15) is 0 Å². The molecule has 0 aliphatic carbocycles. The normalized spacial score (nSPS) is 12.7. The Bertz CT molecular complexity index is 1230. The van der Waals surface area contributed by atoms with Gasteiger partial charge in [0, 0.05) is 28.7 Å². The van der Waals surface area contributed by atoms with Crippen LogP contribution >= 0.6 is 0 Å². The number of ketones is 1. The van der Waals surface area contributed by atoms with Crippen LogP contribution in [0.15, 0.2) is 47.4 Å². The molecule has 0 amide bonds. The Labute approximate surface area is 175 Å². The third kappa shape index (κ3) is 4.15. The van der Waals surface area contributed by atoms with Crippen LogP contribution in [0.5, 0.6) is 0 Å². The van der Waals surface area contributed by atoms with Gasteiger partial charge in [0.2, 0.25) is 15.8 Å². The maximum atomic E-state index is 13.0. The summed E-state index contributed by atoms with van der Waals surface area (Å²) >= 11 is 0. The minimum Gasteiger partial charge on any atom is -0.451 e. The summed E-state index contributed by atoms with van der Waals surface area (Å²) in [5, 5.41) is 0.762. The number of fused-ring (bicyclic) bond motifs is 1. The van der Waals surface area contributed by atoms with E-state index >= 15 is 0 Å². The fraction of sp³-hybridized carbons (Fsp3) is 0.273. The highest BCUT2D eigenvalue weighted by molar-refractivity contribution is 7.89. The van der Waals surface area contributed by atoms with Crippen LogP contribution in [0.4, 0.5) is 0 Å². The molecule has 1 heterocycles. The van der Waals surface area contributed by atoms with Crippen LogP contribution in [-0.2, 0) is 14.8 Å². The first-order chi connectivity index (χ1) is 14.2. The Morgan fingerprint density at radius 3 is 2.53 bits per heavy atom. The number of carbonyl (C=O) groups excluding carboxylic acids is 2. The number of hydrogen-bond acceptors (Lipinski definition) is 5. The van der Waals surface area contributed by atoms with Crippen molar-refractivity contribution in [1.29, 1.82) is 0 Å². The molecule has 1 atom stereocenters. The zero-order valence-electron chi connectivity index (χ0n) is 17.3.